The number of fused-ring (bicyclic) bond motifs is 2. The summed E-state index contributed by atoms with van der Waals surface area (Å²) < 4.78 is 11.0. The van der Waals surface area contributed by atoms with Crippen molar-refractivity contribution in [3.8, 4) is 5.75 Å². The van der Waals surface area contributed by atoms with Gasteiger partial charge in [-0.3, -0.25) is 25.0 Å². The molecule has 2 aromatic heterocycles. The number of thiazole rings is 1. The van der Waals surface area contributed by atoms with Crippen molar-refractivity contribution in [1.82, 2.24) is 4.98 Å². The van der Waals surface area contributed by atoms with Gasteiger partial charge in [-0.2, -0.15) is 0 Å². The van der Waals surface area contributed by atoms with E-state index in [0.29, 0.717) is 15.8 Å². The lowest BCUT2D eigenvalue weighted by Crippen LogP contribution is -2.21. The number of non-ortho nitro benzene ring substituents is 1. The molecule has 28 heavy (non-hydrogen) atoms. The molecule has 0 saturated heterocycles. The van der Waals surface area contributed by atoms with Crippen LogP contribution >= 0.6 is 11.3 Å². The standard InChI is InChI=1S/C18H11N3O6S/c1-26-13-6-9(21(24)25)7-14-15(13)19-18(28-14)20-17(23)11-8-27-12-5-3-2-4-10(12)16(11)22/h2-8H,1H3,(H,19,20,23). The molecule has 0 radical (unpaired) electrons. The van der Waals surface area contributed by atoms with Crippen LogP contribution in [0.4, 0.5) is 10.8 Å². The number of amides is 1. The van der Waals surface area contributed by atoms with Crippen molar-refractivity contribution < 1.29 is 18.9 Å². The topological polar surface area (TPSA) is 125 Å². The summed E-state index contributed by atoms with van der Waals surface area (Å²) >= 11 is 1.03. The van der Waals surface area contributed by atoms with Gasteiger partial charge in [0.15, 0.2) is 10.9 Å². The Hall–Kier alpha value is -3.79. The number of nitrogens with zero attached hydrogens (tertiary/aromatic N) is 2. The Morgan fingerprint density at radius 1 is 1.32 bits per heavy atom. The number of ether oxygens (including phenoxy) is 1. The predicted molar refractivity (Wildman–Crippen MR) is 103 cm³/mol. The Labute approximate surface area is 160 Å². The molecule has 0 saturated carbocycles. The van der Waals surface area contributed by atoms with Crippen LogP contribution in [0.1, 0.15) is 10.4 Å². The molecule has 0 unspecified atom stereocenters. The monoisotopic (exact) mass is 397 g/mol. The molecule has 0 fully saturated rings. The Balaban J connectivity index is 1.72. The fourth-order valence-electron chi connectivity index (χ4n) is 2.70. The zero-order chi connectivity index (χ0) is 19.8. The van der Waals surface area contributed by atoms with Crippen molar-refractivity contribution >= 4 is 49.2 Å². The zero-order valence-electron chi connectivity index (χ0n) is 14.3. The fraction of sp³-hybridized carbons (Fsp3) is 0.0556. The lowest BCUT2D eigenvalue weighted by Gasteiger charge is -2.02. The number of carbonyl (C=O) groups excluding carboxylic acids is 1. The Morgan fingerprint density at radius 3 is 2.86 bits per heavy atom. The highest BCUT2D eigenvalue weighted by Gasteiger charge is 2.19. The van der Waals surface area contributed by atoms with Crippen LogP contribution < -0.4 is 15.5 Å². The second-order valence-electron chi connectivity index (χ2n) is 5.70. The zero-order valence-corrected chi connectivity index (χ0v) is 15.1. The summed E-state index contributed by atoms with van der Waals surface area (Å²) in [4.78, 5) is 39.8. The van der Waals surface area contributed by atoms with E-state index in [9.17, 15) is 19.7 Å². The van der Waals surface area contributed by atoms with Crippen LogP contribution in [0, 0.1) is 10.1 Å². The van der Waals surface area contributed by atoms with Gasteiger partial charge in [0.25, 0.3) is 11.6 Å². The molecule has 0 spiro atoms. The molecule has 1 amide bonds. The summed E-state index contributed by atoms with van der Waals surface area (Å²) in [6, 6.07) is 9.19. The molecular formula is C18H11N3O6S. The van der Waals surface area contributed by atoms with Crippen LogP contribution in [-0.4, -0.2) is 22.9 Å². The summed E-state index contributed by atoms with van der Waals surface area (Å²) in [5, 5.41) is 14.0. The quantitative estimate of drug-likeness (QED) is 0.412. The molecule has 4 aromatic rings. The minimum Gasteiger partial charge on any atom is -0.494 e. The molecule has 10 heteroatoms. The van der Waals surface area contributed by atoms with E-state index >= 15 is 0 Å². The molecule has 2 heterocycles. The van der Waals surface area contributed by atoms with Crippen molar-refractivity contribution in [2.75, 3.05) is 12.4 Å². The number of para-hydroxylation sites is 1. The average Bonchev–Trinajstić information content (AvgIpc) is 3.09. The number of nitrogens with one attached hydrogen (secondary N) is 1. The predicted octanol–water partition coefficient (Wildman–Crippen LogP) is 3.57. The van der Waals surface area contributed by atoms with E-state index < -0.39 is 16.3 Å². The molecule has 0 atom stereocenters. The van der Waals surface area contributed by atoms with Crippen molar-refractivity contribution in [2.24, 2.45) is 0 Å². The number of aromatic nitrogens is 1. The van der Waals surface area contributed by atoms with Gasteiger partial charge in [0.2, 0.25) is 5.43 Å². The molecule has 4 rings (SSSR count). The smallest absolute Gasteiger partial charge is 0.274 e. The summed E-state index contributed by atoms with van der Waals surface area (Å²) in [5.74, 6) is -0.474. The number of nitro groups is 1. The van der Waals surface area contributed by atoms with Gasteiger partial charge in [-0.05, 0) is 12.1 Å². The van der Waals surface area contributed by atoms with Gasteiger partial charge >= 0.3 is 0 Å². The molecule has 140 valence electrons. The minimum atomic E-state index is -0.688. The number of rotatable bonds is 4. The van der Waals surface area contributed by atoms with Crippen LogP contribution in [0.5, 0.6) is 5.75 Å². The van der Waals surface area contributed by atoms with Gasteiger partial charge in [-0.15, -0.1) is 0 Å². The van der Waals surface area contributed by atoms with E-state index in [0.717, 1.165) is 17.6 Å². The maximum atomic E-state index is 12.5. The normalized spacial score (nSPS) is 10.9. The van der Waals surface area contributed by atoms with Crippen LogP contribution in [0.3, 0.4) is 0 Å². The molecule has 1 N–H and O–H groups in total. The lowest BCUT2D eigenvalue weighted by atomic mass is 10.1. The van der Waals surface area contributed by atoms with Crippen LogP contribution in [0.15, 0.2) is 51.9 Å². The Kier molecular flexibility index (Phi) is 4.24. The maximum absolute atomic E-state index is 12.5. The third-order valence-electron chi connectivity index (χ3n) is 4.02. The van der Waals surface area contributed by atoms with Crippen LogP contribution in [0.2, 0.25) is 0 Å². The van der Waals surface area contributed by atoms with E-state index in [1.807, 2.05) is 0 Å². The third-order valence-corrected chi connectivity index (χ3v) is 4.94. The van der Waals surface area contributed by atoms with E-state index in [1.54, 1.807) is 24.3 Å². The molecule has 2 aromatic carbocycles. The van der Waals surface area contributed by atoms with Gasteiger partial charge in [0, 0.05) is 6.07 Å². The van der Waals surface area contributed by atoms with Crippen LogP contribution in [-0.2, 0) is 0 Å². The number of anilines is 1. The summed E-state index contributed by atoms with van der Waals surface area (Å²) in [6.45, 7) is 0. The first kappa shape index (κ1) is 17.6. The molecular weight excluding hydrogens is 386 g/mol. The molecule has 9 nitrogen and oxygen atoms in total. The number of nitro benzene ring substituents is 1. The largest absolute Gasteiger partial charge is 0.494 e. The SMILES string of the molecule is COc1cc([N+](=O)[O-])cc2sc(NC(=O)c3coc4ccccc4c3=O)nc12. The van der Waals surface area contributed by atoms with Crippen molar-refractivity contribution in [2.45, 2.75) is 0 Å². The number of methoxy groups -OCH3 is 1. The van der Waals surface area contributed by atoms with Crippen molar-refractivity contribution in [3.05, 3.63) is 68.6 Å². The first-order chi connectivity index (χ1) is 13.5. The molecule has 0 aliphatic carbocycles. The van der Waals surface area contributed by atoms with Gasteiger partial charge in [0.05, 0.1) is 28.2 Å². The second kappa shape index (κ2) is 6.74. The van der Waals surface area contributed by atoms with E-state index in [2.05, 4.69) is 10.3 Å². The maximum Gasteiger partial charge on any atom is 0.274 e. The Morgan fingerprint density at radius 2 is 2.11 bits per heavy atom. The van der Waals surface area contributed by atoms with Crippen molar-refractivity contribution in [3.63, 3.8) is 0 Å². The number of carbonyl (C=O) groups is 1. The van der Waals surface area contributed by atoms with Gasteiger partial charge in [0.1, 0.15) is 22.9 Å². The fourth-order valence-corrected chi connectivity index (χ4v) is 3.61. The van der Waals surface area contributed by atoms with Gasteiger partial charge < -0.3 is 9.15 Å². The summed E-state index contributed by atoms with van der Waals surface area (Å²) in [7, 11) is 1.37. The van der Waals surface area contributed by atoms with Crippen LogP contribution in [0.25, 0.3) is 21.2 Å². The Bertz CT molecular complexity index is 1310. The van der Waals surface area contributed by atoms with Gasteiger partial charge in [-0.25, -0.2) is 4.98 Å². The highest BCUT2D eigenvalue weighted by atomic mass is 32.1. The highest BCUT2D eigenvalue weighted by Crippen LogP contribution is 2.36. The number of benzene rings is 2. The highest BCUT2D eigenvalue weighted by molar-refractivity contribution is 7.22. The molecule has 0 aliphatic rings. The third kappa shape index (κ3) is 2.95. The lowest BCUT2D eigenvalue weighted by molar-refractivity contribution is -0.384. The first-order valence-corrected chi connectivity index (χ1v) is 8.74. The first-order valence-electron chi connectivity index (χ1n) is 7.93. The average molecular weight is 397 g/mol. The number of hydrogen-bond donors (Lipinski definition) is 1. The van der Waals surface area contributed by atoms with E-state index in [-0.39, 0.29) is 27.5 Å². The number of hydrogen-bond acceptors (Lipinski definition) is 8. The van der Waals surface area contributed by atoms with Gasteiger partial charge in [-0.1, -0.05) is 23.5 Å². The van der Waals surface area contributed by atoms with Crippen molar-refractivity contribution in [1.29, 1.82) is 0 Å². The minimum absolute atomic E-state index is 0.152. The summed E-state index contributed by atoms with van der Waals surface area (Å²) in [5.41, 5.74) is -0.0364. The second-order valence-corrected chi connectivity index (χ2v) is 6.73. The van der Waals surface area contributed by atoms with E-state index in [1.165, 1.54) is 19.2 Å². The van der Waals surface area contributed by atoms with E-state index in [4.69, 9.17) is 9.15 Å². The summed E-state index contributed by atoms with van der Waals surface area (Å²) in [6.07, 6.45) is 1.10. The molecule has 0 aliphatic heterocycles. The molecule has 0 bridgehead atoms.